The Kier molecular flexibility index (Phi) is 13.6. The fourth-order valence-electron chi connectivity index (χ4n) is 3.94. The third-order valence-corrected chi connectivity index (χ3v) is 6.22. The number of anilines is 2. The molecule has 40 heavy (non-hydrogen) atoms. The Labute approximate surface area is 256 Å². The van der Waals surface area contributed by atoms with Crippen LogP contribution >= 0.6 is 48.8 Å². The second kappa shape index (κ2) is 15.4. The van der Waals surface area contributed by atoms with Gasteiger partial charge in [-0.2, -0.15) is 0 Å². The van der Waals surface area contributed by atoms with Crippen molar-refractivity contribution in [2.24, 2.45) is 5.73 Å². The molecule has 0 bridgehead atoms. The van der Waals surface area contributed by atoms with Crippen molar-refractivity contribution in [2.75, 3.05) is 23.7 Å². The van der Waals surface area contributed by atoms with Crippen molar-refractivity contribution in [3.05, 3.63) is 82.3 Å². The van der Waals surface area contributed by atoms with E-state index in [2.05, 4.69) is 20.9 Å². The molecule has 1 aliphatic heterocycles. The maximum atomic E-state index is 14.1. The highest BCUT2D eigenvalue weighted by atomic mass is 35.5. The molecule has 2 aromatic carbocycles. The third-order valence-electron chi connectivity index (χ3n) is 5.99. The zero-order valence-electron chi connectivity index (χ0n) is 21.8. The molecule has 3 aromatic rings. The highest BCUT2D eigenvalue weighted by Crippen LogP contribution is 2.29. The van der Waals surface area contributed by atoms with E-state index >= 15 is 0 Å². The SMILES string of the molecule is CC(C)(N)c1ccc(C(=O)Nc2ccc(F)cc2C(=O)Nc2ccc(Cl)cn2)c(OC2CCNCC2)c1.Cl.Cl.Cl. The smallest absolute Gasteiger partial charge is 0.259 e. The molecule has 2 amide bonds. The van der Waals surface area contributed by atoms with Gasteiger partial charge in [0.2, 0.25) is 0 Å². The van der Waals surface area contributed by atoms with E-state index in [1.807, 2.05) is 13.8 Å². The molecule has 1 aliphatic rings. The number of aromatic nitrogens is 1. The van der Waals surface area contributed by atoms with Crippen molar-refractivity contribution in [2.45, 2.75) is 38.3 Å². The average Bonchev–Trinajstić information content (AvgIpc) is 2.86. The van der Waals surface area contributed by atoms with E-state index in [-0.39, 0.29) is 66.0 Å². The number of benzene rings is 2. The molecule has 0 spiro atoms. The Morgan fingerprint density at radius 3 is 2.30 bits per heavy atom. The van der Waals surface area contributed by atoms with Gasteiger partial charge < -0.3 is 26.4 Å². The molecule has 0 radical (unpaired) electrons. The number of hydrogen-bond donors (Lipinski definition) is 4. The summed E-state index contributed by atoms with van der Waals surface area (Å²) in [6.45, 7) is 5.39. The molecule has 1 saturated heterocycles. The monoisotopic (exact) mass is 633 g/mol. The zero-order chi connectivity index (χ0) is 26.6. The summed E-state index contributed by atoms with van der Waals surface area (Å²) in [6, 6.07) is 11.8. The first kappa shape index (κ1) is 35.4. The molecule has 4 rings (SSSR count). The summed E-state index contributed by atoms with van der Waals surface area (Å²) >= 11 is 5.84. The van der Waals surface area contributed by atoms with Crippen LogP contribution in [0.25, 0.3) is 0 Å². The molecule has 0 atom stereocenters. The number of nitrogens with two attached hydrogens (primary N) is 1. The molecule has 2 heterocycles. The van der Waals surface area contributed by atoms with E-state index in [4.69, 9.17) is 22.1 Å². The number of piperidine rings is 1. The lowest BCUT2D eigenvalue weighted by Gasteiger charge is -2.27. The average molecular weight is 635 g/mol. The van der Waals surface area contributed by atoms with E-state index in [0.29, 0.717) is 10.8 Å². The Balaban J connectivity index is 0.00000267. The summed E-state index contributed by atoms with van der Waals surface area (Å²) in [5, 5.41) is 9.01. The quantitative estimate of drug-likeness (QED) is 0.254. The predicted octanol–water partition coefficient (Wildman–Crippen LogP) is 5.97. The topological polar surface area (TPSA) is 118 Å². The van der Waals surface area contributed by atoms with Gasteiger partial charge in [0.1, 0.15) is 23.5 Å². The maximum Gasteiger partial charge on any atom is 0.259 e. The van der Waals surface area contributed by atoms with Crippen LogP contribution in [0.3, 0.4) is 0 Å². The van der Waals surface area contributed by atoms with Crippen LogP contribution in [0.15, 0.2) is 54.7 Å². The van der Waals surface area contributed by atoms with Gasteiger partial charge in [0.05, 0.1) is 21.8 Å². The van der Waals surface area contributed by atoms with Crippen molar-refractivity contribution >= 4 is 72.1 Å². The molecular weight excluding hydrogens is 603 g/mol. The maximum absolute atomic E-state index is 14.1. The van der Waals surface area contributed by atoms with Gasteiger partial charge in [0.15, 0.2) is 0 Å². The van der Waals surface area contributed by atoms with Crippen LogP contribution in [0.4, 0.5) is 15.9 Å². The van der Waals surface area contributed by atoms with Crippen molar-refractivity contribution in [1.29, 1.82) is 0 Å². The molecule has 1 aromatic heterocycles. The number of hydrogen-bond acceptors (Lipinski definition) is 6. The molecular formula is C27H32Cl4FN5O3. The third kappa shape index (κ3) is 9.19. The van der Waals surface area contributed by atoms with Crippen LogP contribution in [0.1, 0.15) is 53.0 Å². The summed E-state index contributed by atoms with van der Waals surface area (Å²) < 4.78 is 20.3. The first-order valence-corrected chi connectivity index (χ1v) is 12.3. The van der Waals surface area contributed by atoms with Gasteiger partial charge in [-0.15, -0.1) is 37.2 Å². The minimum absolute atomic E-state index is 0. The van der Waals surface area contributed by atoms with Gasteiger partial charge in [-0.05, 0) is 87.8 Å². The molecule has 5 N–H and O–H groups in total. The molecule has 1 fully saturated rings. The molecule has 8 nitrogen and oxygen atoms in total. The molecule has 13 heteroatoms. The number of ether oxygens (including phenoxy) is 1. The minimum atomic E-state index is -0.643. The van der Waals surface area contributed by atoms with Crippen LogP contribution < -0.4 is 26.4 Å². The summed E-state index contributed by atoms with van der Waals surface area (Å²) in [5.41, 5.74) is 6.81. The molecule has 218 valence electrons. The fraction of sp³-hybridized carbons (Fsp3) is 0.296. The Morgan fingerprint density at radius 2 is 1.68 bits per heavy atom. The van der Waals surface area contributed by atoms with E-state index < -0.39 is 23.2 Å². The van der Waals surface area contributed by atoms with Crippen molar-refractivity contribution < 1.29 is 18.7 Å². The summed E-state index contributed by atoms with van der Waals surface area (Å²) in [4.78, 5) is 30.4. The number of rotatable bonds is 7. The highest BCUT2D eigenvalue weighted by molar-refractivity contribution is 6.30. The number of pyridine rings is 1. The molecule has 0 unspecified atom stereocenters. The lowest BCUT2D eigenvalue weighted by molar-refractivity contribution is 0.101. The summed E-state index contributed by atoms with van der Waals surface area (Å²) in [6.07, 6.45) is 2.93. The first-order valence-electron chi connectivity index (χ1n) is 11.9. The standard InChI is InChI=1S/C27H29ClFN5O3.3ClH/c1-27(2,30)16-3-6-20(23(13-16)37-19-9-11-31-12-10-19)25(35)33-22-7-5-18(29)14-21(22)26(36)34-24-8-4-17(28)15-32-24;;;/h3-8,13-15,19,31H,9-12,30H2,1-2H3,(H,33,35)(H,32,34,36);3*1H. The van der Waals surface area contributed by atoms with Gasteiger partial charge in [0, 0.05) is 11.7 Å². The number of nitrogens with one attached hydrogen (secondary N) is 3. The summed E-state index contributed by atoms with van der Waals surface area (Å²) in [7, 11) is 0. The van der Waals surface area contributed by atoms with Gasteiger partial charge in [-0.1, -0.05) is 17.7 Å². The number of carbonyl (C=O) groups is 2. The van der Waals surface area contributed by atoms with Crippen molar-refractivity contribution in [3.63, 3.8) is 0 Å². The number of carbonyl (C=O) groups excluding carboxylic acids is 2. The first-order chi connectivity index (χ1) is 17.6. The van der Waals surface area contributed by atoms with Crippen LogP contribution in [0.5, 0.6) is 5.75 Å². The highest BCUT2D eigenvalue weighted by Gasteiger charge is 2.24. The lowest BCUT2D eigenvalue weighted by Crippen LogP contribution is -2.35. The van der Waals surface area contributed by atoms with Crippen LogP contribution in [-0.2, 0) is 5.54 Å². The van der Waals surface area contributed by atoms with E-state index in [0.717, 1.165) is 37.6 Å². The van der Waals surface area contributed by atoms with Gasteiger partial charge in [-0.3, -0.25) is 9.59 Å². The number of halogens is 5. The second-order valence-electron chi connectivity index (χ2n) is 9.46. The van der Waals surface area contributed by atoms with Gasteiger partial charge in [-0.25, -0.2) is 9.37 Å². The molecule has 0 aliphatic carbocycles. The van der Waals surface area contributed by atoms with Crippen LogP contribution in [-0.4, -0.2) is 36.0 Å². The van der Waals surface area contributed by atoms with Crippen molar-refractivity contribution in [3.8, 4) is 5.75 Å². The Hall–Kier alpha value is -2.66. The molecule has 0 saturated carbocycles. The fourth-order valence-corrected chi connectivity index (χ4v) is 4.05. The largest absolute Gasteiger partial charge is 0.489 e. The summed E-state index contributed by atoms with van der Waals surface area (Å²) in [5.74, 6) is -1.14. The predicted molar refractivity (Wildman–Crippen MR) is 163 cm³/mol. The van der Waals surface area contributed by atoms with Gasteiger partial charge in [0.25, 0.3) is 11.8 Å². The minimum Gasteiger partial charge on any atom is -0.489 e. The lowest BCUT2D eigenvalue weighted by atomic mass is 9.94. The van der Waals surface area contributed by atoms with E-state index in [1.165, 1.54) is 24.4 Å². The Bertz CT molecular complexity index is 1300. The second-order valence-corrected chi connectivity index (χ2v) is 9.90. The normalized spacial score (nSPS) is 13.1. The van der Waals surface area contributed by atoms with Crippen LogP contribution in [0, 0.1) is 5.82 Å². The zero-order valence-corrected chi connectivity index (χ0v) is 25.0. The van der Waals surface area contributed by atoms with Crippen LogP contribution in [0.2, 0.25) is 5.02 Å². The van der Waals surface area contributed by atoms with Crippen molar-refractivity contribution in [1.82, 2.24) is 10.3 Å². The number of amides is 2. The van der Waals surface area contributed by atoms with E-state index in [1.54, 1.807) is 24.3 Å². The Morgan fingerprint density at radius 1 is 1.00 bits per heavy atom. The van der Waals surface area contributed by atoms with E-state index in [9.17, 15) is 14.0 Å². The van der Waals surface area contributed by atoms with Gasteiger partial charge >= 0.3 is 0 Å². The number of nitrogens with zero attached hydrogens (tertiary/aromatic N) is 1.